The molecule has 1 N–H and O–H groups in total. The van der Waals surface area contributed by atoms with Crippen LogP contribution in [0.4, 0.5) is 0 Å². The lowest BCUT2D eigenvalue weighted by Gasteiger charge is -2.29. The SMILES string of the molecule is CC1=CC=C2C(C3CCCCC3)=C3C(=CN(CCN4CCCCCCC4)CC4=C3SC(C(=O)O)=NC4)C12.Cl.Cl. The molecule has 3 heterocycles. The molecule has 2 fully saturated rings. The Morgan fingerprint density at radius 3 is 2.38 bits per heavy atom. The van der Waals surface area contributed by atoms with Crippen molar-refractivity contribution >= 4 is 47.6 Å². The Morgan fingerprint density at radius 2 is 1.67 bits per heavy atom. The monoisotopic (exact) mass is 591 g/mol. The molecule has 0 aromatic carbocycles. The standard InChI is InChI=1S/C31H41N3O2S.2ClH/c1-21-12-13-24-26(21)25-20-34(17-16-33-14-8-3-2-4-9-15-33)19-23-18-32-30(31(35)36)37-29(23)28(25)27(24)22-10-6-5-7-11-22;;/h12-13,20,22,26H,2-11,14-19H2,1H3,(H,35,36);2*1H. The van der Waals surface area contributed by atoms with Crippen molar-refractivity contribution in [2.45, 2.75) is 71.1 Å². The number of carbonyl (C=O) groups is 1. The number of carboxylic acid groups (broad SMARTS) is 1. The van der Waals surface area contributed by atoms with Gasteiger partial charge in [0.25, 0.3) is 0 Å². The smallest absolute Gasteiger partial charge is 0.361 e. The van der Waals surface area contributed by atoms with Crippen molar-refractivity contribution < 1.29 is 9.90 Å². The molecule has 5 nitrogen and oxygen atoms in total. The molecule has 6 aliphatic rings. The quantitative estimate of drug-likeness (QED) is 0.367. The van der Waals surface area contributed by atoms with Crippen LogP contribution in [0.1, 0.15) is 71.1 Å². The molecule has 214 valence electrons. The lowest BCUT2D eigenvalue weighted by molar-refractivity contribution is -0.129. The molecule has 0 amide bonds. The van der Waals surface area contributed by atoms with E-state index in [4.69, 9.17) is 0 Å². The van der Waals surface area contributed by atoms with Gasteiger partial charge in [-0.15, -0.1) is 24.8 Å². The molecule has 39 heavy (non-hydrogen) atoms. The highest BCUT2D eigenvalue weighted by Gasteiger charge is 2.44. The van der Waals surface area contributed by atoms with Gasteiger partial charge >= 0.3 is 5.97 Å². The number of thioether (sulfide) groups is 1. The number of fused-ring (bicyclic) bond motifs is 4. The van der Waals surface area contributed by atoms with E-state index < -0.39 is 5.97 Å². The van der Waals surface area contributed by atoms with Gasteiger partial charge in [-0.25, -0.2) is 4.79 Å². The molecule has 3 aliphatic carbocycles. The van der Waals surface area contributed by atoms with Crippen molar-refractivity contribution in [3.8, 4) is 0 Å². The van der Waals surface area contributed by atoms with Gasteiger partial charge in [0.05, 0.1) is 6.54 Å². The van der Waals surface area contributed by atoms with Crippen LogP contribution >= 0.6 is 36.6 Å². The van der Waals surface area contributed by atoms with E-state index in [2.05, 4.69) is 40.1 Å². The Kier molecular flexibility index (Phi) is 10.5. The highest BCUT2D eigenvalue weighted by Crippen LogP contribution is 2.57. The zero-order chi connectivity index (χ0) is 25.4. The summed E-state index contributed by atoms with van der Waals surface area (Å²) in [7, 11) is 0. The van der Waals surface area contributed by atoms with E-state index in [0.717, 1.165) is 19.6 Å². The molecule has 1 atom stereocenters. The third kappa shape index (κ3) is 6.24. The minimum Gasteiger partial charge on any atom is -0.476 e. The molecule has 0 spiro atoms. The first kappa shape index (κ1) is 30.5. The fourth-order valence-corrected chi connectivity index (χ4v) is 8.34. The maximum atomic E-state index is 12.0. The van der Waals surface area contributed by atoms with Crippen LogP contribution in [-0.2, 0) is 4.79 Å². The van der Waals surface area contributed by atoms with Gasteiger partial charge in [0.15, 0.2) is 5.04 Å². The number of nitrogens with zero attached hydrogens (tertiary/aromatic N) is 3. The zero-order valence-electron chi connectivity index (χ0n) is 23.1. The highest BCUT2D eigenvalue weighted by atomic mass is 35.5. The third-order valence-corrected chi connectivity index (χ3v) is 10.4. The molecule has 0 aromatic heterocycles. The molecule has 0 aromatic rings. The first-order valence-corrected chi connectivity index (χ1v) is 15.4. The number of rotatable bonds is 5. The highest BCUT2D eigenvalue weighted by molar-refractivity contribution is 8.19. The predicted molar refractivity (Wildman–Crippen MR) is 167 cm³/mol. The number of hydrogen-bond acceptors (Lipinski definition) is 5. The molecule has 1 saturated heterocycles. The second kappa shape index (κ2) is 13.5. The summed E-state index contributed by atoms with van der Waals surface area (Å²) in [6.45, 7) is 8.18. The van der Waals surface area contributed by atoms with Gasteiger partial charge < -0.3 is 14.9 Å². The van der Waals surface area contributed by atoms with E-state index in [9.17, 15) is 9.90 Å². The second-order valence-corrected chi connectivity index (χ2v) is 12.7. The van der Waals surface area contributed by atoms with E-state index in [-0.39, 0.29) is 29.9 Å². The van der Waals surface area contributed by atoms with E-state index >= 15 is 0 Å². The fraction of sp³-hybridized carbons (Fsp3) is 0.613. The van der Waals surface area contributed by atoms with Gasteiger partial charge in [-0.1, -0.05) is 68.0 Å². The van der Waals surface area contributed by atoms with Crippen molar-refractivity contribution in [2.24, 2.45) is 16.8 Å². The molecule has 1 saturated carbocycles. The molecule has 0 radical (unpaired) electrons. The van der Waals surface area contributed by atoms with Crippen molar-refractivity contribution in [2.75, 3.05) is 39.3 Å². The minimum atomic E-state index is -0.895. The molecule has 6 rings (SSSR count). The number of hydrogen-bond donors (Lipinski definition) is 1. The first-order chi connectivity index (χ1) is 18.1. The number of carboxylic acids is 1. The largest absolute Gasteiger partial charge is 0.476 e. The lowest BCUT2D eigenvalue weighted by atomic mass is 9.80. The summed E-state index contributed by atoms with van der Waals surface area (Å²) >= 11 is 1.42. The summed E-state index contributed by atoms with van der Waals surface area (Å²) in [4.78, 5) is 22.9. The first-order valence-electron chi connectivity index (χ1n) is 14.6. The Hall–Kier alpha value is -1.47. The van der Waals surface area contributed by atoms with Crippen LogP contribution in [0.15, 0.2) is 61.7 Å². The number of halogens is 2. The number of likely N-dealkylation sites (tertiary alicyclic amines) is 1. The van der Waals surface area contributed by atoms with Crippen LogP contribution in [0.3, 0.4) is 0 Å². The normalized spacial score (nSPS) is 26.0. The minimum absolute atomic E-state index is 0. The topological polar surface area (TPSA) is 56.1 Å². The van der Waals surface area contributed by atoms with Crippen LogP contribution in [0, 0.1) is 11.8 Å². The van der Waals surface area contributed by atoms with Gasteiger partial charge in [0.1, 0.15) is 0 Å². The van der Waals surface area contributed by atoms with Crippen molar-refractivity contribution in [3.05, 3.63) is 56.7 Å². The van der Waals surface area contributed by atoms with Crippen LogP contribution in [0.25, 0.3) is 0 Å². The molecule has 1 unspecified atom stereocenters. The third-order valence-electron chi connectivity index (χ3n) is 9.20. The summed E-state index contributed by atoms with van der Waals surface area (Å²) in [5, 5.41) is 10.1. The Bertz CT molecular complexity index is 1140. The average Bonchev–Trinajstić information content (AvgIpc) is 3.36. The van der Waals surface area contributed by atoms with Gasteiger partial charge in [0, 0.05) is 36.7 Å². The van der Waals surface area contributed by atoms with Gasteiger partial charge in [-0.3, -0.25) is 4.99 Å². The Balaban J connectivity index is 0.00000176. The van der Waals surface area contributed by atoms with E-state index in [1.807, 2.05) is 0 Å². The number of allylic oxidation sites excluding steroid dienone is 7. The van der Waals surface area contributed by atoms with Crippen molar-refractivity contribution in [1.82, 2.24) is 9.80 Å². The zero-order valence-corrected chi connectivity index (χ0v) is 25.6. The van der Waals surface area contributed by atoms with Crippen LogP contribution in [0.2, 0.25) is 0 Å². The molecule has 3 aliphatic heterocycles. The van der Waals surface area contributed by atoms with Gasteiger partial charge in [-0.05, 0) is 79.5 Å². The van der Waals surface area contributed by atoms with E-state index in [1.165, 1.54) is 127 Å². The van der Waals surface area contributed by atoms with Crippen molar-refractivity contribution in [1.29, 1.82) is 0 Å². The maximum Gasteiger partial charge on any atom is 0.361 e. The Morgan fingerprint density at radius 1 is 0.974 bits per heavy atom. The predicted octanol–water partition coefficient (Wildman–Crippen LogP) is 7.17. The van der Waals surface area contributed by atoms with E-state index in [0.29, 0.717) is 18.4 Å². The van der Waals surface area contributed by atoms with Gasteiger partial charge in [0.2, 0.25) is 0 Å². The molecular formula is C31H43Cl2N3O2S. The molecular weight excluding hydrogens is 549 g/mol. The molecule has 8 heteroatoms. The lowest BCUT2D eigenvalue weighted by Crippen LogP contribution is -2.36. The summed E-state index contributed by atoms with van der Waals surface area (Å²) in [6.07, 6.45) is 20.4. The fourth-order valence-electron chi connectivity index (χ4n) is 7.32. The van der Waals surface area contributed by atoms with Gasteiger partial charge in [-0.2, -0.15) is 0 Å². The Labute approximate surface area is 250 Å². The van der Waals surface area contributed by atoms with Crippen LogP contribution < -0.4 is 0 Å². The summed E-state index contributed by atoms with van der Waals surface area (Å²) < 4.78 is 0. The number of aliphatic carboxylic acids is 1. The maximum absolute atomic E-state index is 12.0. The second-order valence-electron chi connectivity index (χ2n) is 11.7. The summed E-state index contributed by atoms with van der Waals surface area (Å²) in [5.74, 6) is 0.0149. The van der Waals surface area contributed by atoms with Crippen LogP contribution in [0.5, 0.6) is 0 Å². The number of aliphatic imine (C=N–C) groups is 1. The summed E-state index contributed by atoms with van der Waals surface area (Å²) in [6, 6.07) is 0. The van der Waals surface area contributed by atoms with Crippen molar-refractivity contribution in [3.63, 3.8) is 0 Å². The van der Waals surface area contributed by atoms with E-state index in [1.54, 1.807) is 0 Å². The average molecular weight is 593 g/mol. The molecule has 0 bridgehead atoms. The summed E-state index contributed by atoms with van der Waals surface area (Å²) in [5.41, 5.74) is 8.53. The van der Waals surface area contributed by atoms with Crippen LogP contribution in [-0.4, -0.2) is 65.2 Å².